The van der Waals surface area contributed by atoms with Gasteiger partial charge in [-0.1, -0.05) is 35.4 Å². The number of nitrogens with zero attached hydrogens (tertiary/aromatic N) is 3. The lowest BCUT2D eigenvalue weighted by molar-refractivity contribution is -0.141. The topological polar surface area (TPSA) is 220 Å². The number of pyridine rings is 1. The van der Waals surface area contributed by atoms with E-state index in [9.17, 15) is 42.7 Å². The van der Waals surface area contributed by atoms with E-state index in [-0.39, 0.29) is 48.9 Å². The van der Waals surface area contributed by atoms with Gasteiger partial charge in [0.25, 0.3) is 11.8 Å². The van der Waals surface area contributed by atoms with Crippen molar-refractivity contribution in [1.82, 2.24) is 31.2 Å². The number of aromatic nitrogens is 1. The van der Waals surface area contributed by atoms with E-state index in [0.29, 0.717) is 12.3 Å². The number of nitriles is 1. The number of hydrogen-bond donors (Lipinski definition) is 5. The van der Waals surface area contributed by atoms with Crippen molar-refractivity contribution >= 4 is 57.3 Å². The number of alkyl carbamates (subject to hydrolysis) is 1. The first-order valence-electron chi connectivity index (χ1n) is 14.9. The minimum absolute atomic E-state index is 0.0363. The number of likely N-dealkylation sites (tertiary alicyclic amines) is 1. The lowest BCUT2D eigenvalue weighted by atomic mass is 10.1. The number of carbonyl (C=O) groups is 6. The van der Waals surface area contributed by atoms with Crippen LogP contribution in [0.1, 0.15) is 56.1 Å². The fourth-order valence-electron chi connectivity index (χ4n) is 4.10. The first-order chi connectivity index (χ1) is 22.6. The molecule has 1 aliphatic heterocycles. The van der Waals surface area contributed by atoms with Gasteiger partial charge in [0.1, 0.15) is 24.7 Å². The molecule has 0 radical (unpaired) electrons. The SMILES string of the molecule is CC(C)CNC(=O)OCCSSCC(NC(=O)CCC(=O)NCc1cc(C(=O)N[C@H](C)C(=O)N2CC(F)(F)C[C@H]2C#N)ccn1)C(=O)O. The molecule has 0 aromatic carbocycles. The van der Waals surface area contributed by atoms with E-state index in [1.165, 1.54) is 46.8 Å². The van der Waals surface area contributed by atoms with Gasteiger partial charge in [0.15, 0.2) is 0 Å². The van der Waals surface area contributed by atoms with Crippen molar-refractivity contribution in [2.24, 2.45) is 5.92 Å². The van der Waals surface area contributed by atoms with E-state index >= 15 is 0 Å². The Hall–Kier alpha value is -4.18. The number of rotatable bonds is 18. The lowest BCUT2D eigenvalue weighted by Gasteiger charge is -2.23. The molecular formula is C29H39F2N7O8S2. The molecule has 48 heavy (non-hydrogen) atoms. The normalized spacial score (nSPS) is 16.3. The van der Waals surface area contributed by atoms with Crippen LogP contribution in [-0.2, 0) is 30.5 Å². The van der Waals surface area contributed by atoms with Crippen molar-refractivity contribution in [1.29, 1.82) is 5.26 Å². The summed E-state index contributed by atoms with van der Waals surface area (Å²) < 4.78 is 32.4. The number of alkyl halides is 2. The molecule has 1 fully saturated rings. The minimum Gasteiger partial charge on any atom is -0.480 e. The summed E-state index contributed by atoms with van der Waals surface area (Å²) in [5.41, 5.74) is 0.345. The first-order valence-corrected chi connectivity index (χ1v) is 17.4. The molecule has 0 aliphatic carbocycles. The van der Waals surface area contributed by atoms with Crippen molar-refractivity contribution < 1.29 is 47.4 Å². The molecule has 3 atom stereocenters. The number of aliphatic carboxylic acids is 1. The van der Waals surface area contributed by atoms with Crippen molar-refractivity contribution in [3.05, 3.63) is 29.6 Å². The highest BCUT2D eigenvalue weighted by Gasteiger charge is 2.48. The Morgan fingerprint density at radius 1 is 1.12 bits per heavy atom. The van der Waals surface area contributed by atoms with E-state index in [1.807, 2.05) is 13.8 Å². The van der Waals surface area contributed by atoms with Gasteiger partial charge in [-0.25, -0.2) is 18.4 Å². The number of halogens is 2. The molecule has 0 spiro atoms. The van der Waals surface area contributed by atoms with Gasteiger partial charge >= 0.3 is 12.1 Å². The number of hydrogen-bond acceptors (Lipinski definition) is 11. The second-order valence-electron chi connectivity index (χ2n) is 11.2. The third-order valence-corrected chi connectivity index (χ3v) is 8.93. The number of nitrogens with one attached hydrogen (secondary N) is 4. The first kappa shape index (κ1) is 40.0. The van der Waals surface area contributed by atoms with Crippen LogP contribution in [0.15, 0.2) is 18.3 Å². The van der Waals surface area contributed by atoms with Gasteiger partial charge in [-0.2, -0.15) is 5.26 Å². The number of carboxylic acid groups (broad SMARTS) is 1. The Kier molecular flexibility index (Phi) is 16.3. The van der Waals surface area contributed by atoms with Crippen molar-refractivity contribution in [3.63, 3.8) is 0 Å². The van der Waals surface area contributed by atoms with Crippen LogP contribution < -0.4 is 21.3 Å². The molecule has 1 aromatic heterocycles. The standard InChI is InChI=1S/C29H39F2N7O8S2/c1-17(2)13-35-28(45)46-8-9-47-48-15-22(27(43)44)37-24(40)5-4-23(39)34-14-20-10-19(6-7-33-20)25(41)36-18(3)26(42)38-16-29(30,31)11-21(38)12-32/h6-7,10,17-18,21-22H,4-5,8-9,11,13-16H2,1-3H3,(H,34,39)(H,35,45)(H,36,41)(H,37,40)(H,43,44)/t18-,21+,22?/m1/s1. The fourth-order valence-corrected chi connectivity index (χ4v) is 6.08. The van der Waals surface area contributed by atoms with Gasteiger partial charge in [0.2, 0.25) is 17.7 Å². The Morgan fingerprint density at radius 3 is 2.50 bits per heavy atom. The highest BCUT2D eigenvalue weighted by Crippen LogP contribution is 2.32. The summed E-state index contributed by atoms with van der Waals surface area (Å²) in [4.78, 5) is 77.9. The zero-order valence-electron chi connectivity index (χ0n) is 26.6. The summed E-state index contributed by atoms with van der Waals surface area (Å²) in [6, 6.07) is 0.676. The predicted octanol–water partition coefficient (Wildman–Crippen LogP) is 1.69. The maximum atomic E-state index is 13.7. The molecule has 0 bridgehead atoms. The van der Waals surface area contributed by atoms with Gasteiger partial charge in [-0.05, 0) is 25.0 Å². The third kappa shape index (κ3) is 14.3. The molecule has 264 valence electrons. The molecule has 2 rings (SSSR count). The fraction of sp³-hybridized carbons (Fsp3) is 0.586. The predicted molar refractivity (Wildman–Crippen MR) is 172 cm³/mol. The zero-order valence-corrected chi connectivity index (χ0v) is 28.3. The maximum absolute atomic E-state index is 13.7. The van der Waals surface area contributed by atoms with Crippen LogP contribution >= 0.6 is 21.6 Å². The zero-order chi connectivity index (χ0) is 35.9. The minimum atomic E-state index is -3.20. The maximum Gasteiger partial charge on any atom is 0.407 e. The van der Waals surface area contributed by atoms with Crippen LogP contribution in [0.4, 0.5) is 13.6 Å². The van der Waals surface area contributed by atoms with E-state index in [2.05, 4.69) is 26.3 Å². The molecule has 1 unspecified atom stereocenters. The molecule has 1 saturated heterocycles. The molecule has 15 nitrogen and oxygen atoms in total. The average Bonchev–Trinajstić information content (AvgIpc) is 3.36. The van der Waals surface area contributed by atoms with E-state index in [0.717, 1.165) is 4.90 Å². The Morgan fingerprint density at radius 2 is 1.83 bits per heavy atom. The second-order valence-corrected chi connectivity index (χ2v) is 13.8. The number of ether oxygens (including phenoxy) is 1. The summed E-state index contributed by atoms with van der Waals surface area (Å²) >= 11 is 0. The Balaban J connectivity index is 1.73. The summed E-state index contributed by atoms with van der Waals surface area (Å²) in [5, 5.41) is 28.5. The molecule has 2 heterocycles. The van der Waals surface area contributed by atoms with Crippen LogP contribution in [0, 0.1) is 17.2 Å². The van der Waals surface area contributed by atoms with Crippen LogP contribution in [0.3, 0.4) is 0 Å². The summed E-state index contributed by atoms with van der Waals surface area (Å²) in [6.45, 7) is 4.79. The van der Waals surface area contributed by atoms with E-state index in [4.69, 9.17) is 10.00 Å². The molecule has 1 aliphatic rings. The smallest absolute Gasteiger partial charge is 0.407 e. The average molecular weight is 716 g/mol. The van der Waals surface area contributed by atoms with Gasteiger partial charge in [0.05, 0.1) is 24.9 Å². The molecule has 0 saturated carbocycles. The highest BCUT2D eigenvalue weighted by atomic mass is 33.1. The molecular weight excluding hydrogens is 676 g/mol. The third-order valence-electron chi connectivity index (χ3n) is 6.55. The number of carbonyl (C=O) groups excluding carboxylic acids is 5. The Labute approximate surface area is 284 Å². The summed E-state index contributed by atoms with van der Waals surface area (Å²) in [6.07, 6.45) is -0.556. The van der Waals surface area contributed by atoms with Gasteiger partial charge in [-0.3, -0.25) is 24.2 Å². The quantitative estimate of drug-likeness (QED) is 0.108. The largest absolute Gasteiger partial charge is 0.480 e. The van der Waals surface area contributed by atoms with Crippen LogP contribution in [0.25, 0.3) is 0 Å². The molecule has 1 aromatic rings. The van der Waals surface area contributed by atoms with Crippen LogP contribution in [0.5, 0.6) is 0 Å². The van der Waals surface area contributed by atoms with E-state index < -0.39 is 72.7 Å². The van der Waals surface area contributed by atoms with E-state index in [1.54, 1.807) is 6.07 Å². The van der Waals surface area contributed by atoms with Gasteiger partial charge in [0, 0.05) is 49.1 Å². The van der Waals surface area contributed by atoms with Crippen molar-refractivity contribution in [3.8, 4) is 6.07 Å². The van der Waals surface area contributed by atoms with Crippen molar-refractivity contribution in [2.75, 3.05) is 31.2 Å². The van der Waals surface area contributed by atoms with Crippen LogP contribution in [0.2, 0.25) is 0 Å². The number of amides is 5. The lowest BCUT2D eigenvalue weighted by Crippen LogP contribution is -2.48. The summed E-state index contributed by atoms with van der Waals surface area (Å²) in [5.74, 6) is -6.42. The monoisotopic (exact) mass is 715 g/mol. The van der Waals surface area contributed by atoms with Crippen molar-refractivity contribution in [2.45, 2.75) is 70.6 Å². The second kappa shape index (κ2) is 19.6. The molecule has 5 amide bonds. The molecule has 5 N–H and O–H groups in total. The summed E-state index contributed by atoms with van der Waals surface area (Å²) in [7, 11) is 2.46. The van der Waals surface area contributed by atoms with Crippen LogP contribution in [-0.4, -0.2) is 106 Å². The Bertz CT molecular complexity index is 1360. The highest BCUT2D eigenvalue weighted by molar-refractivity contribution is 8.76. The molecule has 19 heteroatoms. The number of carboxylic acids is 1. The van der Waals surface area contributed by atoms with Gasteiger partial charge < -0.3 is 36.0 Å². The van der Waals surface area contributed by atoms with Gasteiger partial charge in [-0.15, -0.1) is 0 Å².